The van der Waals surface area contributed by atoms with Crippen LogP contribution in [0.15, 0.2) is 60.8 Å². The number of amides is 1. The molecule has 0 unspecified atom stereocenters. The number of nitrogens with zero attached hydrogens (tertiary/aromatic N) is 4. The topological polar surface area (TPSA) is 79.8 Å². The first-order valence-corrected chi connectivity index (χ1v) is 16.4. The molecule has 0 radical (unpaired) electrons. The predicted molar refractivity (Wildman–Crippen MR) is 181 cm³/mol. The minimum absolute atomic E-state index is 0.00253. The number of piperidine rings is 1. The molecule has 1 aliphatic rings. The number of carbonyl (C=O) groups is 1. The zero-order valence-corrected chi connectivity index (χ0v) is 28.3. The number of hydrogen-bond acceptors (Lipinski definition) is 7. The van der Waals surface area contributed by atoms with E-state index < -0.39 is 30.2 Å². The summed E-state index contributed by atoms with van der Waals surface area (Å²) in [5.74, 6) is -0.137. The number of halogens is 5. The highest BCUT2D eigenvalue weighted by molar-refractivity contribution is 6.31. The predicted octanol–water partition coefficient (Wildman–Crippen LogP) is 9.42. The second kappa shape index (κ2) is 15.9. The molecule has 3 aromatic carbocycles. The maximum absolute atomic E-state index is 15.0. The first-order chi connectivity index (χ1) is 23.4. The number of hydrogen-bond donors (Lipinski definition) is 1. The van der Waals surface area contributed by atoms with Gasteiger partial charge in [0.05, 0.1) is 18.7 Å². The summed E-state index contributed by atoms with van der Waals surface area (Å²) in [6.07, 6.45) is 0.286. The second-order valence-corrected chi connectivity index (χ2v) is 12.5. The molecule has 13 heteroatoms. The minimum atomic E-state index is -4.63. The summed E-state index contributed by atoms with van der Waals surface area (Å²) >= 11 is 6.31. The Morgan fingerprint density at radius 2 is 1.73 bits per heavy atom. The highest BCUT2D eigenvalue weighted by atomic mass is 35.5. The summed E-state index contributed by atoms with van der Waals surface area (Å²) in [6.45, 7) is 8.54. The van der Waals surface area contributed by atoms with Crippen LogP contribution in [0, 0.1) is 26.6 Å². The lowest BCUT2D eigenvalue weighted by atomic mass is 10.1. The molecule has 1 N–H and O–H groups in total. The monoisotopic (exact) mass is 699 g/mol. The first-order valence-electron chi connectivity index (χ1n) is 16.0. The highest BCUT2D eigenvalue weighted by Gasteiger charge is 2.32. The van der Waals surface area contributed by atoms with Crippen molar-refractivity contribution in [3.05, 3.63) is 99.5 Å². The van der Waals surface area contributed by atoms with Gasteiger partial charge in [0, 0.05) is 29.5 Å². The largest absolute Gasteiger partial charge is 0.490 e. The number of ether oxygens (including phenoxy) is 2. The quantitative estimate of drug-likeness (QED) is 0.123. The number of aromatic nitrogens is 2. The molecular formula is C36H38ClF4N5O3. The van der Waals surface area contributed by atoms with E-state index in [1.807, 2.05) is 19.1 Å². The van der Waals surface area contributed by atoms with Gasteiger partial charge in [-0.2, -0.15) is 18.2 Å². The van der Waals surface area contributed by atoms with Gasteiger partial charge in [-0.1, -0.05) is 35.7 Å². The molecule has 0 aliphatic carbocycles. The van der Waals surface area contributed by atoms with E-state index in [2.05, 4.69) is 20.2 Å². The van der Waals surface area contributed by atoms with Crippen LogP contribution < -0.4 is 19.7 Å². The maximum Gasteiger partial charge on any atom is 0.421 e. The van der Waals surface area contributed by atoms with Gasteiger partial charge in [0.1, 0.15) is 11.6 Å². The summed E-state index contributed by atoms with van der Waals surface area (Å²) < 4.78 is 67.2. The van der Waals surface area contributed by atoms with Gasteiger partial charge in [-0.05, 0) is 106 Å². The zero-order chi connectivity index (χ0) is 35.1. The number of carbonyl (C=O) groups excluding carboxylic acids is 1. The highest BCUT2D eigenvalue weighted by Crippen LogP contribution is 2.34. The normalized spacial score (nSPS) is 13.6. The van der Waals surface area contributed by atoms with E-state index >= 15 is 0 Å². The molecule has 1 aromatic heterocycles. The summed E-state index contributed by atoms with van der Waals surface area (Å²) in [6, 6.07) is 12.3. The molecule has 260 valence electrons. The van der Waals surface area contributed by atoms with Gasteiger partial charge in [0.2, 0.25) is 5.95 Å². The van der Waals surface area contributed by atoms with Crippen LogP contribution in [-0.4, -0.2) is 47.2 Å². The van der Waals surface area contributed by atoms with E-state index in [1.165, 1.54) is 43.7 Å². The minimum Gasteiger partial charge on any atom is -0.490 e. The van der Waals surface area contributed by atoms with E-state index in [0.29, 0.717) is 29.2 Å². The van der Waals surface area contributed by atoms with Crippen molar-refractivity contribution in [2.45, 2.75) is 59.2 Å². The van der Waals surface area contributed by atoms with Crippen molar-refractivity contribution in [2.75, 3.05) is 36.5 Å². The van der Waals surface area contributed by atoms with Gasteiger partial charge in [-0.25, -0.2) is 14.2 Å². The Kier molecular flexibility index (Phi) is 11.6. The standard InChI is InChI=1S/C36H38ClF4N5O3/c1-23-18-24(2)33(25(3)19-23)49-35(47)46(22-26-20-27(36(39,40)41)8-10-29(26)37)32-12-13-42-34(44-32)43-28-9-11-31(30(38)21-28)48-17-7-16-45-14-5-4-6-15-45/h8-13,18-21H,4-7,14-17,22H2,1-3H3,(H,42,43,44). The molecule has 5 rings (SSSR count). The lowest BCUT2D eigenvalue weighted by molar-refractivity contribution is -0.137. The van der Waals surface area contributed by atoms with Crippen molar-refractivity contribution in [2.24, 2.45) is 0 Å². The third kappa shape index (κ3) is 9.60. The summed E-state index contributed by atoms with van der Waals surface area (Å²) in [7, 11) is 0. The number of aryl methyl sites for hydroxylation is 3. The third-order valence-corrected chi connectivity index (χ3v) is 8.52. The molecular weight excluding hydrogens is 662 g/mol. The number of likely N-dealkylation sites (tertiary alicyclic amines) is 1. The lowest BCUT2D eigenvalue weighted by Gasteiger charge is -2.26. The van der Waals surface area contributed by atoms with Crippen LogP contribution in [0.3, 0.4) is 0 Å². The number of nitrogens with one attached hydrogen (secondary N) is 1. The third-order valence-electron chi connectivity index (χ3n) is 8.15. The zero-order valence-electron chi connectivity index (χ0n) is 27.5. The van der Waals surface area contributed by atoms with Crippen LogP contribution in [0.4, 0.5) is 39.8 Å². The average molecular weight is 700 g/mol. The van der Waals surface area contributed by atoms with Gasteiger partial charge in [0.25, 0.3) is 0 Å². The molecule has 8 nitrogen and oxygen atoms in total. The van der Waals surface area contributed by atoms with Crippen molar-refractivity contribution < 1.29 is 31.8 Å². The van der Waals surface area contributed by atoms with E-state index in [-0.39, 0.29) is 28.1 Å². The Hall–Kier alpha value is -4.42. The van der Waals surface area contributed by atoms with Crippen LogP contribution in [0.25, 0.3) is 0 Å². The van der Waals surface area contributed by atoms with Crippen molar-refractivity contribution in [1.82, 2.24) is 14.9 Å². The van der Waals surface area contributed by atoms with Gasteiger partial charge < -0.3 is 19.7 Å². The van der Waals surface area contributed by atoms with E-state index in [4.69, 9.17) is 21.1 Å². The SMILES string of the molecule is Cc1cc(C)c(OC(=O)N(Cc2cc(C(F)(F)F)ccc2Cl)c2ccnc(Nc3ccc(OCCCN4CCCCC4)c(F)c3)n2)c(C)c1. The molecule has 0 atom stereocenters. The van der Waals surface area contributed by atoms with Crippen LogP contribution in [0.5, 0.6) is 11.5 Å². The Bertz CT molecular complexity index is 1760. The van der Waals surface area contributed by atoms with Crippen molar-refractivity contribution in [3.63, 3.8) is 0 Å². The first kappa shape index (κ1) is 35.9. The molecule has 1 aliphatic heterocycles. The average Bonchev–Trinajstić information content (AvgIpc) is 3.05. The molecule has 2 heterocycles. The van der Waals surface area contributed by atoms with Gasteiger partial charge in [-0.3, -0.25) is 4.90 Å². The summed E-state index contributed by atoms with van der Waals surface area (Å²) in [5, 5.41) is 2.94. The fourth-order valence-corrected chi connectivity index (χ4v) is 5.97. The van der Waals surface area contributed by atoms with Crippen molar-refractivity contribution >= 4 is 35.1 Å². The van der Waals surface area contributed by atoms with E-state index in [0.717, 1.165) is 54.7 Å². The van der Waals surface area contributed by atoms with Crippen LogP contribution in [0.2, 0.25) is 5.02 Å². The molecule has 1 fully saturated rings. The van der Waals surface area contributed by atoms with Crippen molar-refractivity contribution in [1.29, 1.82) is 0 Å². The number of benzene rings is 3. The number of alkyl halides is 3. The fourth-order valence-electron chi connectivity index (χ4n) is 5.79. The number of anilines is 3. The number of rotatable bonds is 11. The molecule has 0 spiro atoms. The van der Waals surface area contributed by atoms with Crippen molar-refractivity contribution in [3.8, 4) is 11.5 Å². The van der Waals surface area contributed by atoms with Gasteiger partial charge in [0.15, 0.2) is 11.6 Å². The Labute approximate surface area is 288 Å². The Balaban J connectivity index is 1.35. The molecule has 1 amide bonds. The fraction of sp³-hybridized carbons (Fsp3) is 0.361. The lowest BCUT2D eigenvalue weighted by Crippen LogP contribution is -2.34. The van der Waals surface area contributed by atoms with Gasteiger partial charge >= 0.3 is 12.3 Å². The summed E-state index contributed by atoms with van der Waals surface area (Å²) in [5.41, 5.74) is 1.78. The second-order valence-electron chi connectivity index (χ2n) is 12.1. The van der Waals surface area contributed by atoms with Crippen LogP contribution in [-0.2, 0) is 12.7 Å². The molecule has 4 aromatic rings. The summed E-state index contributed by atoms with van der Waals surface area (Å²) in [4.78, 5) is 25.8. The Morgan fingerprint density at radius 1 is 1.00 bits per heavy atom. The van der Waals surface area contributed by atoms with E-state index in [9.17, 15) is 22.4 Å². The maximum atomic E-state index is 15.0. The Morgan fingerprint density at radius 3 is 2.43 bits per heavy atom. The molecule has 0 bridgehead atoms. The molecule has 0 saturated carbocycles. The van der Waals surface area contributed by atoms with Gasteiger partial charge in [-0.15, -0.1) is 0 Å². The van der Waals surface area contributed by atoms with Crippen LogP contribution in [0.1, 0.15) is 53.5 Å². The molecule has 49 heavy (non-hydrogen) atoms. The smallest absolute Gasteiger partial charge is 0.421 e. The molecule has 1 saturated heterocycles. The van der Waals surface area contributed by atoms with E-state index in [1.54, 1.807) is 19.9 Å². The van der Waals surface area contributed by atoms with Crippen LogP contribution >= 0.6 is 11.6 Å².